The molecule has 0 atom stereocenters. The lowest BCUT2D eigenvalue weighted by Crippen LogP contribution is -2.51. The van der Waals surface area contributed by atoms with Crippen LogP contribution in [0, 0.1) is 5.82 Å². The van der Waals surface area contributed by atoms with Crippen molar-refractivity contribution in [3.63, 3.8) is 0 Å². The van der Waals surface area contributed by atoms with Gasteiger partial charge < -0.3 is 9.64 Å². The second kappa shape index (κ2) is 8.76. The van der Waals surface area contributed by atoms with Gasteiger partial charge in [-0.1, -0.05) is 12.1 Å². The van der Waals surface area contributed by atoms with E-state index < -0.39 is 0 Å². The lowest BCUT2D eigenvalue weighted by molar-refractivity contribution is -0.191. The van der Waals surface area contributed by atoms with Crippen molar-refractivity contribution in [3.05, 3.63) is 59.7 Å². The largest absolute Gasteiger partial charge is 0.487 e. The smallest absolute Gasteiger partial charge is 0.373 e. The maximum Gasteiger partial charge on any atom is 0.373 e. The first-order valence-corrected chi connectivity index (χ1v) is 9.20. The Morgan fingerprint density at radius 1 is 1.18 bits per heavy atom. The molecule has 0 bridgehead atoms. The predicted octanol–water partition coefficient (Wildman–Crippen LogP) is 2.57. The quantitative estimate of drug-likeness (QED) is 0.795. The zero-order valence-electron chi connectivity index (χ0n) is 15.4. The van der Waals surface area contributed by atoms with E-state index in [0.717, 1.165) is 36.9 Å². The normalized spacial score (nSPS) is 16.8. The SMILES string of the molecule is O=C(Cc1ccccn1)N1CCC2(CCc3ccc(F)cc3O2)CC1.O=C=O. The summed E-state index contributed by atoms with van der Waals surface area (Å²) < 4.78 is 19.7. The van der Waals surface area contributed by atoms with Crippen molar-refractivity contribution in [3.8, 4) is 5.75 Å². The van der Waals surface area contributed by atoms with Crippen LogP contribution in [0.15, 0.2) is 42.6 Å². The highest BCUT2D eigenvalue weighted by molar-refractivity contribution is 5.78. The fourth-order valence-corrected chi connectivity index (χ4v) is 3.76. The molecule has 0 N–H and O–H groups in total. The lowest BCUT2D eigenvalue weighted by atomic mass is 9.83. The average Bonchev–Trinajstić information content (AvgIpc) is 2.69. The standard InChI is InChI=1S/C20H21FN2O2.CO2/c21-16-5-4-15-6-7-20(25-18(15)13-16)8-11-23(12-9-20)19(24)14-17-3-1-2-10-22-17;2-1-3/h1-5,10,13H,6-9,11-12,14H2;. The molecule has 0 saturated carbocycles. The third kappa shape index (κ3) is 4.61. The van der Waals surface area contributed by atoms with E-state index in [1.54, 1.807) is 6.20 Å². The van der Waals surface area contributed by atoms with Gasteiger partial charge in [-0.3, -0.25) is 9.78 Å². The van der Waals surface area contributed by atoms with Crippen LogP contribution in [0.25, 0.3) is 0 Å². The Bertz CT molecular complexity index is 858. The van der Waals surface area contributed by atoms with Crippen molar-refractivity contribution in [2.24, 2.45) is 0 Å². The summed E-state index contributed by atoms with van der Waals surface area (Å²) in [6, 6.07) is 10.4. The van der Waals surface area contributed by atoms with E-state index in [4.69, 9.17) is 14.3 Å². The van der Waals surface area contributed by atoms with Crippen LogP contribution in [0.3, 0.4) is 0 Å². The molecule has 1 amide bonds. The van der Waals surface area contributed by atoms with Crippen LogP contribution in [0.5, 0.6) is 5.75 Å². The van der Waals surface area contributed by atoms with Crippen LogP contribution in [-0.4, -0.2) is 40.6 Å². The van der Waals surface area contributed by atoms with Crippen LogP contribution in [-0.2, 0) is 27.2 Å². The van der Waals surface area contributed by atoms with Crippen molar-refractivity contribution in [2.45, 2.75) is 37.7 Å². The van der Waals surface area contributed by atoms with Gasteiger partial charge in [0, 0.05) is 43.9 Å². The number of aryl methyl sites for hydroxylation is 1. The molecule has 0 unspecified atom stereocenters. The molecule has 1 aromatic heterocycles. The zero-order valence-corrected chi connectivity index (χ0v) is 15.4. The third-order valence-corrected chi connectivity index (χ3v) is 5.29. The molecule has 28 heavy (non-hydrogen) atoms. The first-order chi connectivity index (χ1) is 13.5. The molecule has 3 heterocycles. The molecule has 4 rings (SSSR count). The van der Waals surface area contributed by atoms with E-state index in [-0.39, 0.29) is 23.5 Å². The number of carbonyl (C=O) groups excluding carboxylic acids is 3. The molecular weight excluding hydrogens is 363 g/mol. The maximum atomic E-state index is 13.5. The molecule has 2 aliphatic heterocycles. The number of halogens is 1. The summed E-state index contributed by atoms with van der Waals surface area (Å²) in [5.41, 5.74) is 1.61. The Hall–Kier alpha value is -3.05. The molecule has 1 saturated heterocycles. The van der Waals surface area contributed by atoms with Crippen molar-refractivity contribution < 1.29 is 23.5 Å². The van der Waals surface area contributed by atoms with Gasteiger partial charge in [0.25, 0.3) is 0 Å². The molecule has 0 radical (unpaired) electrons. The summed E-state index contributed by atoms with van der Waals surface area (Å²) in [6.07, 6.45) is 5.70. The van der Waals surface area contributed by atoms with Gasteiger partial charge >= 0.3 is 6.15 Å². The number of benzene rings is 1. The highest BCUT2D eigenvalue weighted by atomic mass is 19.1. The van der Waals surface area contributed by atoms with Crippen LogP contribution in [0.2, 0.25) is 0 Å². The molecule has 1 fully saturated rings. The van der Waals surface area contributed by atoms with Gasteiger partial charge in [0.2, 0.25) is 5.91 Å². The fraction of sp³-hybridized carbons (Fsp3) is 0.381. The first-order valence-electron chi connectivity index (χ1n) is 9.20. The van der Waals surface area contributed by atoms with Gasteiger partial charge in [-0.25, -0.2) is 4.39 Å². The van der Waals surface area contributed by atoms with Gasteiger partial charge in [-0.15, -0.1) is 0 Å². The van der Waals surface area contributed by atoms with E-state index >= 15 is 0 Å². The van der Waals surface area contributed by atoms with Crippen LogP contribution in [0.4, 0.5) is 4.39 Å². The number of hydrogen-bond donors (Lipinski definition) is 0. The predicted molar refractivity (Wildman–Crippen MR) is 96.8 cm³/mol. The molecule has 1 aromatic carbocycles. The van der Waals surface area contributed by atoms with Gasteiger partial charge in [0.1, 0.15) is 17.2 Å². The number of nitrogens with zero attached hydrogens (tertiary/aromatic N) is 2. The highest BCUT2D eigenvalue weighted by Crippen LogP contribution is 2.39. The van der Waals surface area contributed by atoms with Crippen LogP contribution in [0.1, 0.15) is 30.5 Å². The molecule has 2 aromatic rings. The van der Waals surface area contributed by atoms with Crippen LogP contribution >= 0.6 is 0 Å². The summed E-state index contributed by atoms with van der Waals surface area (Å²) in [5, 5.41) is 0. The average molecular weight is 384 g/mol. The third-order valence-electron chi connectivity index (χ3n) is 5.29. The maximum absolute atomic E-state index is 13.5. The monoisotopic (exact) mass is 384 g/mol. The summed E-state index contributed by atoms with van der Waals surface area (Å²) in [6.45, 7) is 1.35. The molecule has 6 nitrogen and oxygen atoms in total. The molecule has 0 aliphatic carbocycles. The Morgan fingerprint density at radius 2 is 1.93 bits per heavy atom. The number of likely N-dealkylation sites (tertiary alicyclic amines) is 1. The summed E-state index contributed by atoms with van der Waals surface area (Å²) in [7, 11) is 0. The number of rotatable bonds is 2. The van der Waals surface area contributed by atoms with Crippen LogP contribution < -0.4 is 4.74 Å². The van der Waals surface area contributed by atoms with Crippen molar-refractivity contribution in [2.75, 3.05) is 13.1 Å². The minimum Gasteiger partial charge on any atom is -0.487 e. The topological polar surface area (TPSA) is 76.6 Å². The molecule has 2 aliphatic rings. The molecule has 146 valence electrons. The van der Waals surface area contributed by atoms with Crippen molar-refractivity contribution in [1.82, 2.24) is 9.88 Å². The number of aromatic nitrogens is 1. The Labute approximate surface area is 162 Å². The fourth-order valence-electron chi connectivity index (χ4n) is 3.76. The van der Waals surface area contributed by atoms with Gasteiger partial charge in [0.15, 0.2) is 0 Å². The van der Waals surface area contributed by atoms with Gasteiger partial charge in [-0.2, -0.15) is 9.59 Å². The van der Waals surface area contributed by atoms with E-state index in [0.29, 0.717) is 25.3 Å². The summed E-state index contributed by atoms with van der Waals surface area (Å²) in [5.74, 6) is 0.508. The first kappa shape index (κ1) is 19.7. The number of pyridine rings is 1. The molecular formula is C21H21FN2O4. The Morgan fingerprint density at radius 3 is 2.61 bits per heavy atom. The minimum absolute atomic E-state index is 0.107. The number of hydrogen-bond acceptors (Lipinski definition) is 5. The second-order valence-electron chi connectivity index (χ2n) is 7.00. The number of fused-ring (bicyclic) bond motifs is 1. The molecule has 7 heteroatoms. The minimum atomic E-state index is -0.265. The Kier molecular flexibility index (Phi) is 6.16. The second-order valence-corrected chi connectivity index (χ2v) is 7.00. The zero-order chi connectivity index (χ0) is 20.0. The number of carbonyl (C=O) groups is 1. The van der Waals surface area contributed by atoms with E-state index in [1.165, 1.54) is 12.1 Å². The van der Waals surface area contributed by atoms with Crippen molar-refractivity contribution >= 4 is 12.1 Å². The molecule has 1 spiro atoms. The van der Waals surface area contributed by atoms with E-state index in [9.17, 15) is 9.18 Å². The number of piperidine rings is 1. The number of ether oxygens (including phenoxy) is 1. The number of amides is 1. The summed E-state index contributed by atoms with van der Waals surface area (Å²) in [4.78, 5) is 34.8. The summed E-state index contributed by atoms with van der Waals surface area (Å²) >= 11 is 0. The van der Waals surface area contributed by atoms with E-state index in [2.05, 4.69) is 4.98 Å². The van der Waals surface area contributed by atoms with Gasteiger partial charge in [0.05, 0.1) is 6.42 Å². The Balaban J connectivity index is 0.000000706. The lowest BCUT2D eigenvalue weighted by Gasteiger charge is -2.44. The highest BCUT2D eigenvalue weighted by Gasteiger charge is 2.40. The van der Waals surface area contributed by atoms with E-state index in [1.807, 2.05) is 29.2 Å². The van der Waals surface area contributed by atoms with Gasteiger partial charge in [-0.05, 0) is 36.6 Å². The van der Waals surface area contributed by atoms with Crippen molar-refractivity contribution in [1.29, 1.82) is 0 Å².